The van der Waals surface area contributed by atoms with Crippen molar-refractivity contribution in [2.24, 2.45) is 5.73 Å². The highest BCUT2D eigenvalue weighted by Crippen LogP contribution is 2.33. The summed E-state index contributed by atoms with van der Waals surface area (Å²) >= 11 is 0. The van der Waals surface area contributed by atoms with Gasteiger partial charge in [-0.3, -0.25) is 9.63 Å². The molecule has 0 aromatic heterocycles. The minimum atomic E-state index is -0.606. The van der Waals surface area contributed by atoms with Crippen LogP contribution in [0.1, 0.15) is 12.8 Å². The smallest absolute Gasteiger partial charge is 0.265 e. The monoisotopic (exact) mass is 144 g/mol. The lowest BCUT2D eigenvalue weighted by atomic mass is 10.3. The van der Waals surface area contributed by atoms with Crippen LogP contribution in [0.4, 0.5) is 0 Å². The Labute approximate surface area is 59.9 Å². The number of nitrogens with two attached hydrogens (primary N) is 1. The van der Waals surface area contributed by atoms with Gasteiger partial charge in [-0.05, 0) is 12.8 Å². The topological polar surface area (TPSA) is 55.6 Å². The second kappa shape index (κ2) is 2.21. The Morgan fingerprint density at radius 3 is 2.50 bits per heavy atom. The van der Waals surface area contributed by atoms with E-state index in [0.29, 0.717) is 0 Å². The molecule has 1 aliphatic rings. The van der Waals surface area contributed by atoms with E-state index >= 15 is 0 Å². The predicted molar refractivity (Wildman–Crippen MR) is 35.9 cm³/mol. The summed E-state index contributed by atoms with van der Waals surface area (Å²) < 4.78 is 0. The van der Waals surface area contributed by atoms with Gasteiger partial charge < -0.3 is 5.73 Å². The molecular weight excluding hydrogens is 132 g/mol. The summed E-state index contributed by atoms with van der Waals surface area (Å²) in [7, 11) is 3.01. The van der Waals surface area contributed by atoms with Gasteiger partial charge >= 0.3 is 0 Å². The van der Waals surface area contributed by atoms with Crippen molar-refractivity contribution >= 4 is 5.91 Å². The van der Waals surface area contributed by atoms with Crippen molar-refractivity contribution in [3.05, 3.63) is 0 Å². The molecule has 0 radical (unpaired) electrons. The Balaban J connectivity index is 2.49. The molecule has 4 heteroatoms. The first-order valence-corrected chi connectivity index (χ1v) is 3.21. The maximum Gasteiger partial charge on any atom is 0.265 e. The van der Waals surface area contributed by atoms with Crippen LogP contribution in [-0.4, -0.2) is 30.7 Å². The highest BCUT2D eigenvalue weighted by atomic mass is 16.7. The first-order chi connectivity index (χ1) is 4.60. The van der Waals surface area contributed by atoms with Gasteiger partial charge in [-0.15, -0.1) is 0 Å². The Morgan fingerprint density at radius 1 is 1.70 bits per heavy atom. The number of carbonyl (C=O) groups is 1. The van der Waals surface area contributed by atoms with Crippen LogP contribution in [0.15, 0.2) is 0 Å². The summed E-state index contributed by atoms with van der Waals surface area (Å²) in [6.45, 7) is 0. The lowest BCUT2D eigenvalue weighted by Crippen LogP contribution is -2.43. The Kier molecular flexibility index (Phi) is 1.66. The van der Waals surface area contributed by atoms with Crippen molar-refractivity contribution in [2.75, 3.05) is 14.2 Å². The minimum Gasteiger partial charge on any atom is -0.317 e. The molecule has 58 valence electrons. The number of hydrogen-bond donors (Lipinski definition) is 1. The average molecular weight is 144 g/mol. The van der Waals surface area contributed by atoms with E-state index in [9.17, 15) is 4.79 Å². The summed E-state index contributed by atoms with van der Waals surface area (Å²) in [5.74, 6) is -0.130. The van der Waals surface area contributed by atoms with Crippen LogP contribution < -0.4 is 5.73 Å². The van der Waals surface area contributed by atoms with Gasteiger partial charge in [-0.1, -0.05) is 0 Å². The molecule has 2 N–H and O–H groups in total. The Morgan fingerprint density at radius 2 is 2.20 bits per heavy atom. The van der Waals surface area contributed by atoms with Crippen LogP contribution in [0.5, 0.6) is 0 Å². The van der Waals surface area contributed by atoms with Crippen molar-refractivity contribution in [1.82, 2.24) is 5.06 Å². The fraction of sp³-hybridized carbons (Fsp3) is 0.833. The lowest BCUT2D eigenvalue weighted by Gasteiger charge is -2.17. The van der Waals surface area contributed by atoms with Crippen molar-refractivity contribution in [2.45, 2.75) is 18.4 Å². The van der Waals surface area contributed by atoms with E-state index in [1.807, 2.05) is 0 Å². The molecule has 0 saturated heterocycles. The Bertz CT molecular complexity index is 154. The zero-order chi connectivity index (χ0) is 7.78. The summed E-state index contributed by atoms with van der Waals surface area (Å²) in [5, 5.41) is 1.17. The molecule has 1 aliphatic carbocycles. The van der Waals surface area contributed by atoms with E-state index in [2.05, 4.69) is 4.84 Å². The highest BCUT2D eigenvalue weighted by molar-refractivity contribution is 5.88. The van der Waals surface area contributed by atoms with Gasteiger partial charge in [-0.2, -0.15) is 0 Å². The van der Waals surface area contributed by atoms with Crippen LogP contribution in [0.3, 0.4) is 0 Å². The number of rotatable bonds is 2. The number of amides is 1. The molecule has 0 aromatic carbocycles. The van der Waals surface area contributed by atoms with Gasteiger partial charge in [-0.25, -0.2) is 5.06 Å². The number of hydrogen-bond acceptors (Lipinski definition) is 3. The number of carbonyl (C=O) groups excluding carboxylic acids is 1. The van der Waals surface area contributed by atoms with E-state index in [0.717, 1.165) is 12.8 Å². The van der Waals surface area contributed by atoms with Crippen molar-refractivity contribution in [3.8, 4) is 0 Å². The van der Waals surface area contributed by atoms with Crippen molar-refractivity contribution in [1.29, 1.82) is 0 Å². The number of hydroxylamine groups is 2. The molecule has 0 bridgehead atoms. The second-order valence-electron chi connectivity index (χ2n) is 2.64. The van der Waals surface area contributed by atoms with Crippen molar-refractivity contribution < 1.29 is 9.63 Å². The highest BCUT2D eigenvalue weighted by Gasteiger charge is 2.47. The molecule has 0 atom stereocenters. The minimum absolute atomic E-state index is 0.130. The van der Waals surface area contributed by atoms with Crippen LogP contribution in [0, 0.1) is 0 Å². The fourth-order valence-corrected chi connectivity index (χ4v) is 0.745. The lowest BCUT2D eigenvalue weighted by molar-refractivity contribution is -0.171. The van der Waals surface area contributed by atoms with Gasteiger partial charge in [0.2, 0.25) is 0 Å². The fourth-order valence-electron chi connectivity index (χ4n) is 0.745. The number of nitrogens with zero attached hydrogens (tertiary/aromatic N) is 1. The second-order valence-corrected chi connectivity index (χ2v) is 2.64. The first kappa shape index (κ1) is 7.50. The summed E-state index contributed by atoms with van der Waals surface area (Å²) in [4.78, 5) is 15.8. The van der Waals surface area contributed by atoms with Crippen molar-refractivity contribution in [3.63, 3.8) is 0 Å². The third-order valence-corrected chi connectivity index (χ3v) is 1.77. The van der Waals surface area contributed by atoms with Gasteiger partial charge in [0.1, 0.15) is 0 Å². The third-order valence-electron chi connectivity index (χ3n) is 1.77. The third kappa shape index (κ3) is 1.12. The predicted octanol–water partition coefficient (Wildman–Crippen LogP) is -0.503. The van der Waals surface area contributed by atoms with E-state index in [-0.39, 0.29) is 5.91 Å². The van der Waals surface area contributed by atoms with Gasteiger partial charge in [0, 0.05) is 7.05 Å². The van der Waals surface area contributed by atoms with Gasteiger partial charge in [0.25, 0.3) is 5.91 Å². The van der Waals surface area contributed by atoms with Crippen LogP contribution in [0.25, 0.3) is 0 Å². The van der Waals surface area contributed by atoms with Crippen LogP contribution in [0.2, 0.25) is 0 Å². The Hall–Kier alpha value is -0.610. The summed E-state index contributed by atoms with van der Waals surface area (Å²) in [6, 6.07) is 0. The molecule has 1 amide bonds. The quantitative estimate of drug-likeness (QED) is 0.531. The molecule has 4 nitrogen and oxygen atoms in total. The maximum absolute atomic E-state index is 11.1. The molecule has 0 unspecified atom stereocenters. The zero-order valence-corrected chi connectivity index (χ0v) is 6.26. The molecule has 10 heavy (non-hydrogen) atoms. The molecule has 0 aromatic rings. The van der Waals surface area contributed by atoms with Gasteiger partial charge in [0.05, 0.1) is 12.6 Å². The normalized spacial score (nSPS) is 20.3. The molecule has 1 rings (SSSR count). The molecular formula is C6H12N2O2. The maximum atomic E-state index is 11.1. The number of likely N-dealkylation sites (N-methyl/N-ethyl adjacent to an activating group) is 1. The van der Waals surface area contributed by atoms with E-state index in [1.165, 1.54) is 12.2 Å². The summed E-state index contributed by atoms with van der Waals surface area (Å²) in [5.41, 5.74) is 4.99. The molecule has 1 saturated carbocycles. The largest absolute Gasteiger partial charge is 0.317 e. The van der Waals surface area contributed by atoms with E-state index in [4.69, 9.17) is 5.73 Å². The summed E-state index contributed by atoms with van der Waals surface area (Å²) in [6.07, 6.45) is 1.55. The van der Waals surface area contributed by atoms with Gasteiger partial charge in [0.15, 0.2) is 0 Å². The molecule has 1 fully saturated rings. The van der Waals surface area contributed by atoms with E-state index < -0.39 is 5.54 Å². The van der Waals surface area contributed by atoms with E-state index in [1.54, 1.807) is 7.05 Å². The molecule has 0 heterocycles. The standard InChI is InChI=1S/C6H12N2O2/c1-8(10-2)5(9)6(7)3-4-6/h3-4,7H2,1-2H3. The molecule has 0 aliphatic heterocycles. The SMILES string of the molecule is CON(C)C(=O)C1(N)CC1. The average Bonchev–Trinajstić information content (AvgIpc) is 2.66. The molecule has 0 spiro atoms. The first-order valence-electron chi connectivity index (χ1n) is 3.21. The van der Waals surface area contributed by atoms with Crippen LogP contribution in [-0.2, 0) is 9.63 Å². The van der Waals surface area contributed by atoms with Crippen LogP contribution >= 0.6 is 0 Å². The zero-order valence-electron chi connectivity index (χ0n) is 6.26.